The molecule has 0 spiro atoms. The highest BCUT2D eigenvalue weighted by atomic mass is 16.5. The van der Waals surface area contributed by atoms with E-state index in [4.69, 9.17) is 4.74 Å². The molecule has 90 valence electrons. The molecule has 2 aliphatic rings. The van der Waals surface area contributed by atoms with Crippen LogP contribution in [-0.2, 0) is 4.74 Å². The first kappa shape index (κ1) is 11.9. The van der Waals surface area contributed by atoms with Crippen molar-refractivity contribution in [2.75, 3.05) is 0 Å². The minimum atomic E-state index is -0.393. The van der Waals surface area contributed by atoms with Gasteiger partial charge in [-0.25, -0.2) is 0 Å². The lowest BCUT2D eigenvalue weighted by molar-refractivity contribution is -0.0688. The number of rotatable bonds is 0. The molecule has 2 rings (SSSR count). The molecule has 0 saturated carbocycles. The Kier molecular flexibility index (Phi) is 2.75. The van der Waals surface area contributed by atoms with Gasteiger partial charge < -0.3 is 9.84 Å². The molecule has 0 amide bonds. The summed E-state index contributed by atoms with van der Waals surface area (Å²) in [4.78, 5) is 0. The second-order valence-electron chi connectivity index (χ2n) is 5.73. The number of hydrogen-bond acceptors (Lipinski definition) is 2. The summed E-state index contributed by atoms with van der Waals surface area (Å²) in [6.45, 7) is 10.4. The van der Waals surface area contributed by atoms with Gasteiger partial charge in [0.25, 0.3) is 0 Å². The highest BCUT2D eigenvalue weighted by molar-refractivity contribution is 5.42. The second kappa shape index (κ2) is 3.71. The largest absolute Gasteiger partial charge is 0.384 e. The summed E-state index contributed by atoms with van der Waals surface area (Å²) in [5.74, 6) is 0. The summed E-state index contributed by atoms with van der Waals surface area (Å²) in [6.07, 6.45) is 1.80. The highest BCUT2D eigenvalue weighted by Gasteiger charge is 2.38. The predicted octanol–water partition coefficient (Wildman–Crippen LogP) is 2.97. The Hall–Kier alpha value is -0.600. The van der Waals surface area contributed by atoms with Gasteiger partial charge >= 0.3 is 0 Å². The molecule has 0 radical (unpaired) electrons. The van der Waals surface area contributed by atoms with E-state index in [9.17, 15) is 5.11 Å². The summed E-state index contributed by atoms with van der Waals surface area (Å²) in [5.41, 5.74) is 4.61. The fourth-order valence-electron chi connectivity index (χ4n) is 2.69. The standard InChI is InChI=1S/C14H22O2/c1-8-9(2)13-11(10(3)12(8)15)6-7-14(4,5)16-13/h12-13,15H,6-7H2,1-5H3. The van der Waals surface area contributed by atoms with E-state index in [1.54, 1.807) is 0 Å². The quantitative estimate of drug-likeness (QED) is 0.638. The van der Waals surface area contributed by atoms with Crippen LogP contribution in [0.1, 0.15) is 47.5 Å². The zero-order valence-corrected chi connectivity index (χ0v) is 10.9. The maximum absolute atomic E-state index is 10.1. The third-order valence-electron chi connectivity index (χ3n) is 4.09. The molecule has 2 atom stereocenters. The molecular weight excluding hydrogens is 200 g/mol. The van der Waals surface area contributed by atoms with E-state index >= 15 is 0 Å². The van der Waals surface area contributed by atoms with E-state index in [-0.39, 0.29) is 11.7 Å². The minimum absolute atomic E-state index is 0.0434. The van der Waals surface area contributed by atoms with Crippen molar-refractivity contribution in [2.45, 2.75) is 65.3 Å². The Labute approximate surface area is 98.0 Å². The maximum atomic E-state index is 10.1. The smallest absolute Gasteiger partial charge is 0.101 e. The molecule has 1 aliphatic carbocycles. The third-order valence-corrected chi connectivity index (χ3v) is 4.09. The van der Waals surface area contributed by atoms with Gasteiger partial charge in [0, 0.05) is 0 Å². The van der Waals surface area contributed by atoms with Gasteiger partial charge in [-0.2, -0.15) is 0 Å². The van der Waals surface area contributed by atoms with Crippen LogP contribution in [0.25, 0.3) is 0 Å². The van der Waals surface area contributed by atoms with Gasteiger partial charge in [0.1, 0.15) is 6.10 Å². The zero-order chi connectivity index (χ0) is 12.1. The van der Waals surface area contributed by atoms with Gasteiger partial charge in [0.15, 0.2) is 0 Å². The molecule has 0 bridgehead atoms. The Bertz CT molecular complexity index is 374. The Morgan fingerprint density at radius 3 is 2.38 bits per heavy atom. The van der Waals surface area contributed by atoms with E-state index in [1.807, 2.05) is 13.8 Å². The molecule has 2 nitrogen and oxygen atoms in total. The lowest BCUT2D eigenvalue weighted by Crippen LogP contribution is -2.41. The first-order chi connectivity index (χ1) is 7.33. The number of aliphatic hydroxyl groups excluding tert-OH is 1. The van der Waals surface area contributed by atoms with Crippen LogP contribution in [0, 0.1) is 0 Å². The Balaban J connectivity index is 2.40. The van der Waals surface area contributed by atoms with Crippen molar-refractivity contribution in [3.63, 3.8) is 0 Å². The van der Waals surface area contributed by atoms with Crippen LogP contribution in [0.2, 0.25) is 0 Å². The zero-order valence-electron chi connectivity index (χ0n) is 10.9. The van der Waals surface area contributed by atoms with Crippen molar-refractivity contribution >= 4 is 0 Å². The molecule has 1 saturated heterocycles. The molecule has 2 unspecified atom stereocenters. The van der Waals surface area contributed by atoms with Crippen molar-refractivity contribution in [2.24, 2.45) is 0 Å². The summed E-state index contributed by atoms with van der Waals surface area (Å²) < 4.78 is 6.15. The van der Waals surface area contributed by atoms with Gasteiger partial charge in [0.2, 0.25) is 0 Å². The highest BCUT2D eigenvalue weighted by Crippen LogP contribution is 2.41. The van der Waals surface area contributed by atoms with Crippen molar-refractivity contribution in [1.82, 2.24) is 0 Å². The fraction of sp³-hybridized carbons (Fsp3) is 0.714. The molecule has 1 aliphatic heterocycles. The molecular formula is C14H22O2. The van der Waals surface area contributed by atoms with Crippen LogP contribution < -0.4 is 0 Å². The molecule has 16 heavy (non-hydrogen) atoms. The van der Waals surface area contributed by atoms with Gasteiger partial charge in [-0.1, -0.05) is 0 Å². The molecule has 1 N–H and O–H groups in total. The first-order valence-corrected chi connectivity index (χ1v) is 6.06. The van der Waals surface area contributed by atoms with E-state index in [0.717, 1.165) is 24.0 Å². The van der Waals surface area contributed by atoms with Gasteiger partial charge in [-0.3, -0.25) is 0 Å². The van der Waals surface area contributed by atoms with Crippen molar-refractivity contribution in [3.05, 3.63) is 22.3 Å². The van der Waals surface area contributed by atoms with Crippen molar-refractivity contribution in [1.29, 1.82) is 0 Å². The normalized spacial score (nSPS) is 34.1. The van der Waals surface area contributed by atoms with Gasteiger partial charge in [-0.05, 0) is 69.8 Å². The lowest BCUT2D eigenvalue weighted by atomic mass is 9.78. The van der Waals surface area contributed by atoms with Crippen molar-refractivity contribution in [3.8, 4) is 0 Å². The average Bonchev–Trinajstić information content (AvgIpc) is 2.22. The Morgan fingerprint density at radius 1 is 1.12 bits per heavy atom. The maximum Gasteiger partial charge on any atom is 0.101 e. The minimum Gasteiger partial charge on any atom is -0.384 e. The number of fused-ring (bicyclic) bond motifs is 1. The van der Waals surface area contributed by atoms with E-state index in [2.05, 4.69) is 20.8 Å². The van der Waals surface area contributed by atoms with Crippen LogP contribution in [0.4, 0.5) is 0 Å². The van der Waals surface area contributed by atoms with E-state index in [0.29, 0.717) is 0 Å². The number of hydrogen-bond donors (Lipinski definition) is 1. The van der Waals surface area contributed by atoms with Gasteiger partial charge in [0.05, 0.1) is 11.7 Å². The SMILES string of the molecule is CC1=C(C)C2OC(C)(C)CCC2=C(C)C1O. The topological polar surface area (TPSA) is 29.5 Å². The fourth-order valence-corrected chi connectivity index (χ4v) is 2.69. The van der Waals surface area contributed by atoms with E-state index < -0.39 is 6.10 Å². The summed E-state index contributed by atoms with van der Waals surface area (Å²) >= 11 is 0. The van der Waals surface area contributed by atoms with Gasteiger partial charge in [-0.15, -0.1) is 0 Å². The molecule has 2 heteroatoms. The van der Waals surface area contributed by atoms with Crippen LogP contribution >= 0.6 is 0 Å². The summed E-state index contributed by atoms with van der Waals surface area (Å²) in [7, 11) is 0. The molecule has 1 fully saturated rings. The van der Waals surface area contributed by atoms with Crippen LogP contribution in [0.3, 0.4) is 0 Å². The Morgan fingerprint density at radius 2 is 1.75 bits per heavy atom. The van der Waals surface area contributed by atoms with Crippen LogP contribution in [0.5, 0.6) is 0 Å². The summed E-state index contributed by atoms with van der Waals surface area (Å²) in [5, 5.41) is 10.1. The molecule has 0 aromatic carbocycles. The summed E-state index contributed by atoms with van der Waals surface area (Å²) in [6, 6.07) is 0. The van der Waals surface area contributed by atoms with Crippen LogP contribution in [-0.4, -0.2) is 22.9 Å². The molecule has 0 aromatic heterocycles. The molecule has 1 heterocycles. The lowest BCUT2D eigenvalue weighted by Gasteiger charge is -2.43. The van der Waals surface area contributed by atoms with Crippen molar-refractivity contribution < 1.29 is 9.84 Å². The third kappa shape index (κ3) is 1.74. The average molecular weight is 222 g/mol. The first-order valence-electron chi connectivity index (χ1n) is 6.06. The number of ether oxygens (including phenoxy) is 1. The molecule has 0 aromatic rings. The monoisotopic (exact) mass is 222 g/mol. The van der Waals surface area contributed by atoms with E-state index in [1.165, 1.54) is 11.1 Å². The number of aliphatic hydroxyl groups is 1. The second-order valence-corrected chi connectivity index (χ2v) is 5.73. The van der Waals surface area contributed by atoms with Crippen LogP contribution in [0.15, 0.2) is 22.3 Å². The predicted molar refractivity (Wildman–Crippen MR) is 65.3 cm³/mol.